The Morgan fingerprint density at radius 2 is 2.11 bits per heavy atom. The number of carboxylic acids is 1. The molecule has 2 aliphatic heterocycles. The second-order valence-electron chi connectivity index (χ2n) is 5.50. The first-order valence-electron chi connectivity index (χ1n) is 6.61. The highest BCUT2D eigenvalue weighted by Gasteiger charge is 2.39. The molecule has 2 saturated heterocycles. The second-order valence-corrected chi connectivity index (χ2v) is 5.50. The minimum Gasteiger partial charge on any atom is -0.480 e. The zero-order valence-corrected chi connectivity index (χ0v) is 11.1. The van der Waals surface area contributed by atoms with Gasteiger partial charge in [-0.3, -0.25) is 0 Å². The second kappa shape index (κ2) is 5.75. The number of carbonyl (C=O) groups excluding carboxylic acids is 1. The molecule has 2 rings (SSSR count). The van der Waals surface area contributed by atoms with Crippen LogP contribution in [-0.4, -0.2) is 77.4 Å². The summed E-state index contributed by atoms with van der Waals surface area (Å²) in [7, 11) is 2.04. The largest absolute Gasteiger partial charge is 0.480 e. The van der Waals surface area contributed by atoms with E-state index in [-0.39, 0.29) is 13.0 Å². The van der Waals surface area contributed by atoms with Gasteiger partial charge in [0.1, 0.15) is 6.04 Å². The summed E-state index contributed by atoms with van der Waals surface area (Å²) < 4.78 is 0. The molecular weight excluding hydrogens is 250 g/mol. The van der Waals surface area contributed by atoms with Crippen molar-refractivity contribution in [3.63, 3.8) is 0 Å². The average molecular weight is 271 g/mol. The average Bonchev–Trinajstić information content (AvgIpc) is 2.92. The first-order valence-corrected chi connectivity index (χ1v) is 6.61. The summed E-state index contributed by atoms with van der Waals surface area (Å²) in [6.07, 6.45) is 0.404. The summed E-state index contributed by atoms with van der Waals surface area (Å²) in [6.45, 7) is 2.63. The van der Waals surface area contributed by atoms with E-state index in [0.717, 1.165) is 19.5 Å². The minimum absolute atomic E-state index is 0.0906. The molecule has 3 N–H and O–H groups in total. The number of urea groups is 1. The van der Waals surface area contributed by atoms with Crippen LogP contribution in [0.3, 0.4) is 0 Å². The first-order chi connectivity index (χ1) is 8.97. The third-order valence-electron chi connectivity index (χ3n) is 3.86. The van der Waals surface area contributed by atoms with E-state index in [4.69, 9.17) is 5.11 Å². The van der Waals surface area contributed by atoms with E-state index in [1.807, 2.05) is 7.05 Å². The smallest absolute Gasteiger partial charge is 0.326 e. The van der Waals surface area contributed by atoms with Gasteiger partial charge in [0, 0.05) is 26.1 Å². The number of nitrogens with zero attached hydrogens (tertiary/aromatic N) is 2. The number of hydrogen-bond donors (Lipinski definition) is 3. The highest BCUT2D eigenvalue weighted by Crippen LogP contribution is 2.18. The van der Waals surface area contributed by atoms with Gasteiger partial charge in [0.25, 0.3) is 0 Å². The Morgan fingerprint density at radius 1 is 1.37 bits per heavy atom. The Bertz CT molecular complexity index is 363. The highest BCUT2D eigenvalue weighted by atomic mass is 16.4. The number of β-amino-alcohol motifs (C(OH)–C–C–N with tert-alkyl or cyclic N) is 1. The summed E-state index contributed by atoms with van der Waals surface area (Å²) in [5, 5.41) is 21.3. The van der Waals surface area contributed by atoms with E-state index in [0.29, 0.717) is 12.5 Å². The fourth-order valence-corrected chi connectivity index (χ4v) is 2.80. The van der Waals surface area contributed by atoms with Gasteiger partial charge < -0.3 is 25.3 Å². The summed E-state index contributed by atoms with van der Waals surface area (Å²) in [6, 6.07) is -1.31. The molecule has 0 spiro atoms. The van der Waals surface area contributed by atoms with Crippen molar-refractivity contribution in [3.05, 3.63) is 0 Å². The van der Waals surface area contributed by atoms with Crippen LogP contribution in [0.1, 0.15) is 12.8 Å². The van der Waals surface area contributed by atoms with Gasteiger partial charge >= 0.3 is 12.0 Å². The van der Waals surface area contributed by atoms with Crippen molar-refractivity contribution in [2.24, 2.45) is 5.92 Å². The third kappa shape index (κ3) is 3.36. The molecule has 0 aromatic heterocycles. The minimum atomic E-state index is -1.06. The number of hydrogen-bond acceptors (Lipinski definition) is 4. The highest BCUT2D eigenvalue weighted by molar-refractivity contribution is 5.83. The predicted molar refractivity (Wildman–Crippen MR) is 67.8 cm³/mol. The maximum Gasteiger partial charge on any atom is 0.326 e. The predicted octanol–water partition coefficient (Wildman–Crippen LogP) is -0.832. The Labute approximate surface area is 112 Å². The van der Waals surface area contributed by atoms with Gasteiger partial charge in [0.05, 0.1) is 6.10 Å². The third-order valence-corrected chi connectivity index (χ3v) is 3.86. The lowest BCUT2D eigenvalue weighted by molar-refractivity contribution is -0.141. The Morgan fingerprint density at radius 3 is 2.68 bits per heavy atom. The normalized spacial score (nSPS) is 31.7. The van der Waals surface area contributed by atoms with Crippen molar-refractivity contribution < 1.29 is 19.8 Å². The van der Waals surface area contributed by atoms with Crippen LogP contribution in [0.4, 0.5) is 4.79 Å². The molecule has 0 aromatic rings. The molecule has 3 atom stereocenters. The summed E-state index contributed by atoms with van der Waals surface area (Å²) in [5.74, 6) is -0.642. The number of aliphatic hydroxyl groups excluding tert-OH is 1. The molecule has 19 heavy (non-hydrogen) atoms. The van der Waals surface area contributed by atoms with E-state index in [1.165, 1.54) is 4.90 Å². The lowest BCUT2D eigenvalue weighted by Gasteiger charge is -2.22. The lowest BCUT2D eigenvalue weighted by atomic mass is 10.1. The van der Waals surface area contributed by atoms with Crippen molar-refractivity contribution in [1.82, 2.24) is 15.1 Å². The molecule has 2 amide bonds. The number of aliphatic carboxylic acids is 1. The number of nitrogens with one attached hydrogen (secondary N) is 1. The monoisotopic (exact) mass is 271 g/mol. The Kier molecular flexibility index (Phi) is 4.26. The van der Waals surface area contributed by atoms with Crippen LogP contribution in [0.25, 0.3) is 0 Å². The summed E-state index contributed by atoms with van der Waals surface area (Å²) in [4.78, 5) is 26.4. The number of likely N-dealkylation sites (tertiary alicyclic amines) is 2. The maximum absolute atomic E-state index is 12.0. The Balaban J connectivity index is 1.83. The topological polar surface area (TPSA) is 93.1 Å². The Hall–Kier alpha value is -1.34. The van der Waals surface area contributed by atoms with Crippen LogP contribution in [-0.2, 0) is 4.79 Å². The van der Waals surface area contributed by atoms with Gasteiger partial charge in [-0.15, -0.1) is 0 Å². The van der Waals surface area contributed by atoms with Crippen LogP contribution >= 0.6 is 0 Å². The summed E-state index contributed by atoms with van der Waals surface area (Å²) in [5.41, 5.74) is 0. The van der Waals surface area contributed by atoms with Gasteiger partial charge in [-0.2, -0.15) is 0 Å². The van der Waals surface area contributed by atoms with Crippen LogP contribution in [0.2, 0.25) is 0 Å². The van der Waals surface area contributed by atoms with Crippen LogP contribution in [0, 0.1) is 5.92 Å². The fraction of sp³-hybridized carbons (Fsp3) is 0.833. The van der Waals surface area contributed by atoms with Crippen molar-refractivity contribution in [2.45, 2.75) is 25.0 Å². The van der Waals surface area contributed by atoms with Gasteiger partial charge in [-0.05, 0) is 25.9 Å². The standard InChI is InChI=1S/C12H21N3O4/c1-14-3-2-8(6-14)5-13-12(19)15-7-9(16)4-10(15)11(17)18/h8-10,16H,2-7H2,1H3,(H,13,19)(H,17,18)/t8?,9-,10-/m1/s1. The lowest BCUT2D eigenvalue weighted by Crippen LogP contribution is -2.47. The van der Waals surface area contributed by atoms with E-state index in [1.54, 1.807) is 0 Å². The quantitative estimate of drug-likeness (QED) is 0.623. The fourth-order valence-electron chi connectivity index (χ4n) is 2.80. The van der Waals surface area contributed by atoms with Gasteiger partial charge in [0.2, 0.25) is 0 Å². The molecule has 0 bridgehead atoms. The number of carboxylic acid groups (broad SMARTS) is 1. The van der Waals surface area contributed by atoms with Crippen molar-refractivity contribution in [2.75, 3.05) is 33.2 Å². The number of aliphatic hydroxyl groups is 1. The van der Waals surface area contributed by atoms with E-state index >= 15 is 0 Å². The molecule has 2 fully saturated rings. The van der Waals surface area contributed by atoms with E-state index in [9.17, 15) is 14.7 Å². The first kappa shape index (κ1) is 14.1. The SMILES string of the molecule is CN1CCC(CNC(=O)N2C[C@H](O)C[C@@H]2C(=O)O)C1. The van der Waals surface area contributed by atoms with Crippen LogP contribution in [0.15, 0.2) is 0 Å². The molecule has 0 aliphatic carbocycles. The zero-order valence-electron chi connectivity index (χ0n) is 11.1. The number of amides is 2. The maximum atomic E-state index is 12.0. The van der Waals surface area contributed by atoms with Gasteiger partial charge in [0.15, 0.2) is 0 Å². The molecule has 2 aliphatic rings. The number of carbonyl (C=O) groups is 2. The van der Waals surface area contributed by atoms with E-state index in [2.05, 4.69) is 10.2 Å². The molecule has 1 unspecified atom stereocenters. The summed E-state index contributed by atoms with van der Waals surface area (Å²) >= 11 is 0. The van der Waals surface area contributed by atoms with Crippen molar-refractivity contribution in [3.8, 4) is 0 Å². The molecule has 0 radical (unpaired) electrons. The molecule has 2 heterocycles. The van der Waals surface area contributed by atoms with Crippen molar-refractivity contribution in [1.29, 1.82) is 0 Å². The number of rotatable bonds is 3. The molecule has 0 aromatic carbocycles. The molecule has 108 valence electrons. The van der Waals surface area contributed by atoms with E-state index < -0.39 is 24.1 Å². The molecule has 0 saturated carbocycles. The zero-order chi connectivity index (χ0) is 14.0. The van der Waals surface area contributed by atoms with Crippen molar-refractivity contribution >= 4 is 12.0 Å². The van der Waals surface area contributed by atoms with Gasteiger partial charge in [-0.1, -0.05) is 0 Å². The molecule has 7 nitrogen and oxygen atoms in total. The van der Waals surface area contributed by atoms with Crippen LogP contribution in [0.5, 0.6) is 0 Å². The van der Waals surface area contributed by atoms with Crippen LogP contribution < -0.4 is 5.32 Å². The molecular formula is C12H21N3O4. The molecule has 7 heteroatoms. The van der Waals surface area contributed by atoms with Gasteiger partial charge in [-0.25, -0.2) is 9.59 Å².